The molecule has 2 heterocycles. The molecule has 0 N–H and O–H groups in total. The summed E-state index contributed by atoms with van der Waals surface area (Å²) in [7, 11) is 3.49. The molecule has 0 spiro atoms. The number of methoxy groups -OCH3 is 1. The first-order valence-corrected chi connectivity index (χ1v) is 7.08. The van der Waals surface area contributed by atoms with Crippen molar-refractivity contribution in [2.45, 2.75) is 19.1 Å². The number of rotatable bonds is 3. The predicted octanol–water partition coefficient (Wildman–Crippen LogP) is 2.28. The van der Waals surface area contributed by atoms with Crippen LogP contribution in [-0.4, -0.2) is 48.4 Å². The van der Waals surface area contributed by atoms with E-state index in [4.69, 9.17) is 13.9 Å². The van der Waals surface area contributed by atoms with Gasteiger partial charge in [0.25, 0.3) is 5.89 Å². The Bertz CT molecular complexity index is 651. The Kier molecular flexibility index (Phi) is 4.08. The molecule has 2 aromatic rings. The number of nitrogens with zero attached hydrogens (tertiary/aromatic N) is 3. The molecule has 0 aliphatic carbocycles. The zero-order chi connectivity index (χ0) is 15.7. The van der Waals surface area contributed by atoms with Gasteiger partial charge >= 0.3 is 0 Å². The average Bonchev–Trinajstić information content (AvgIpc) is 2.95. The van der Waals surface area contributed by atoms with E-state index in [1.54, 1.807) is 12.1 Å². The molecule has 7 heteroatoms. The molecular formula is C15H18FN3O3. The maximum atomic E-state index is 14.1. The second-order valence-corrected chi connectivity index (χ2v) is 5.45. The first-order valence-electron chi connectivity index (χ1n) is 7.08. The van der Waals surface area contributed by atoms with Gasteiger partial charge in [0.1, 0.15) is 17.7 Å². The zero-order valence-electron chi connectivity index (χ0n) is 12.7. The zero-order valence-corrected chi connectivity index (χ0v) is 12.7. The molecule has 118 valence electrons. The van der Waals surface area contributed by atoms with E-state index in [1.165, 1.54) is 13.2 Å². The molecule has 2 atom stereocenters. The van der Waals surface area contributed by atoms with Crippen LogP contribution in [0.5, 0.6) is 5.75 Å². The second kappa shape index (κ2) is 6.02. The molecule has 1 aliphatic rings. The van der Waals surface area contributed by atoms with Gasteiger partial charge in [-0.3, -0.25) is 0 Å². The van der Waals surface area contributed by atoms with Gasteiger partial charge in [0, 0.05) is 19.2 Å². The number of hydrogen-bond acceptors (Lipinski definition) is 6. The van der Waals surface area contributed by atoms with Crippen molar-refractivity contribution in [2.24, 2.45) is 0 Å². The lowest BCUT2D eigenvalue weighted by atomic mass is 10.2. The first kappa shape index (κ1) is 14.9. The van der Waals surface area contributed by atoms with Crippen molar-refractivity contribution < 1.29 is 18.3 Å². The van der Waals surface area contributed by atoms with Crippen LogP contribution in [0.2, 0.25) is 0 Å². The molecule has 0 unspecified atom stereocenters. The van der Waals surface area contributed by atoms with E-state index in [-0.39, 0.29) is 23.7 Å². The number of ether oxygens (including phenoxy) is 2. The summed E-state index contributed by atoms with van der Waals surface area (Å²) in [5.74, 6) is 0.472. The van der Waals surface area contributed by atoms with Crippen molar-refractivity contribution in [3.8, 4) is 17.2 Å². The summed E-state index contributed by atoms with van der Waals surface area (Å²) in [5, 5.41) is 7.93. The second-order valence-electron chi connectivity index (χ2n) is 5.45. The van der Waals surface area contributed by atoms with Crippen LogP contribution in [0.25, 0.3) is 11.5 Å². The van der Waals surface area contributed by atoms with Crippen LogP contribution < -0.4 is 4.74 Å². The van der Waals surface area contributed by atoms with Gasteiger partial charge in [-0.1, -0.05) is 0 Å². The van der Waals surface area contributed by atoms with Crippen LogP contribution >= 0.6 is 0 Å². The Morgan fingerprint density at radius 1 is 1.32 bits per heavy atom. The SMILES string of the molecule is COc1ccc(-c2nnc([C@H]3CN(C)C[C@@H](C)O3)o2)c(F)c1. The van der Waals surface area contributed by atoms with E-state index in [1.807, 2.05) is 14.0 Å². The van der Waals surface area contributed by atoms with E-state index < -0.39 is 5.82 Å². The van der Waals surface area contributed by atoms with Gasteiger partial charge in [0.05, 0.1) is 18.8 Å². The largest absolute Gasteiger partial charge is 0.497 e. The molecule has 1 fully saturated rings. The molecule has 0 amide bonds. The number of halogens is 1. The van der Waals surface area contributed by atoms with Gasteiger partial charge < -0.3 is 18.8 Å². The summed E-state index contributed by atoms with van der Waals surface area (Å²) >= 11 is 0. The van der Waals surface area contributed by atoms with Crippen LogP contribution in [0.15, 0.2) is 22.6 Å². The minimum atomic E-state index is -0.468. The Labute approximate surface area is 127 Å². The van der Waals surface area contributed by atoms with Crippen LogP contribution in [0.1, 0.15) is 18.9 Å². The lowest BCUT2D eigenvalue weighted by Crippen LogP contribution is -2.40. The van der Waals surface area contributed by atoms with Crippen molar-refractivity contribution in [1.82, 2.24) is 15.1 Å². The molecule has 1 saturated heterocycles. The molecule has 0 radical (unpaired) electrons. The van der Waals surface area contributed by atoms with E-state index in [0.29, 0.717) is 18.2 Å². The summed E-state index contributed by atoms with van der Waals surface area (Å²) in [4.78, 5) is 2.14. The number of benzene rings is 1. The number of morpholine rings is 1. The third kappa shape index (κ3) is 2.95. The van der Waals surface area contributed by atoms with E-state index >= 15 is 0 Å². The lowest BCUT2D eigenvalue weighted by molar-refractivity contribution is -0.0821. The first-order chi connectivity index (χ1) is 10.6. The summed E-state index contributed by atoms with van der Waals surface area (Å²) in [6, 6.07) is 4.49. The minimum absolute atomic E-state index is 0.0804. The van der Waals surface area contributed by atoms with E-state index in [0.717, 1.165) is 6.54 Å². The predicted molar refractivity (Wildman–Crippen MR) is 77.0 cm³/mol. The summed E-state index contributed by atoms with van der Waals surface area (Å²) in [5.41, 5.74) is 0.247. The standard InChI is InChI=1S/C15H18FN3O3/c1-9-7-19(2)8-13(21-9)15-18-17-14(22-15)11-5-4-10(20-3)6-12(11)16/h4-6,9,13H,7-8H2,1-3H3/t9-,13-/m1/s1. The maximum absolute atomic E-state index is 14.1. The molecule has 0 saturated carbocycles. The fraction of sp³-hybridized carbons (Fsp3) is 0.467. The maximum Gasteiger partial charge on any atom is 0.250 e. The van der Waals surface area contributed by atoms with Crippen molar-refractivity contribution in [3.05, 3.63) is 29.9 Å². The quantitative estimate of drug-likeness (QED) is 0.867. The van der Waals surface area contributed by atoms with Gasteiger partial charge in [-0.05, 0) is 26.1 Å². The molecular weight excluding hydrogens is 289 g/mol. The summed E-state index contributed by atoms with van der Waals surface area (Å²) in [6.45, 7) is 3.50. The van der Waals surface area contributed by atoms with Crippen LogP contribution in [0.3, 0.4) is 0 Å². The molecule has 3 rings (SSSR count). The lowest BCUT2D eigenvalue weighted by Gasteiger charge is -2.32. The Morgan fingerprint density at radius 2 is 2.14 bits per heavy atom. The highest BCUT2D eigenvalue weighted by atomic mass is 19.1. The van der Waals surface area contributed by atoms with Crippen LogP contribution in [0.4, 0.5) is 4.39 Å². The van der Waals surface area contributed by atoms with Crippen molar-refractivity contribution in [1.29, 1.82) is 0 Å². The van der Waals surface area contributed by atoms with Gasteiger partial charge in [0.2, 0.25) is 5.89 Å². The third-order valence-electron chi connectivity index (χ3n) is 3.57. The number of hydrogen-bond donors (Lipinski definition) is 0. The van der Waals surface area contributed by atoms with Gasteiger partial charge in [0.15, 0.2) is 0 Å². The minimum Gasteiger partial charge on any atom is -0.497 e. The van der Waals surface area contributed by atoms with E-state index in [9.17, 15) is 4.39 Å². The third-order valence-corrected chi connectivity index (χ3v) is 3.57. The summed E-state index contributed by atoms with van der Waals surface area (Å²) in [6.07, 6.45) is -0.215. The number of likely N-dealkylation sites (N-methyl/N-ethyl adjacent to an activating group) is 1. The Hall–Kier alpha value is -1.99. The molecule has 1 aromatic carbocycles. The van der Waals surface area contributed by atoms with Crippen molar-refractivity contribution in [3.63, 3.8) is 0 Å². The molecule has 6 nitrogen and oxygen atoms in total. The van der Waals surface area contributed by atoms with Crippen molar-refractivity contribution in [2.75, 3.05) is 27.2 Å². The molecule has 1 aliphatic heterocycles. The molecule has 1 aromatic heterocycles. The van der Waals surface area contributed by atoms with Crippen LogP contribution in [0, 0.1) is 5.82 Å². The summed E-state index contributed by atoms with van der Waals surface area (Å²) < 4.78 is 30.4. The Balaban J connectivity index is 1.84. The van der Waals surface area contributed by atoms with E-state index in [2.05, 4.69) is 15.1 Å². The monoisotopic (exact) mass is 307 g/mol. The smallest absolute Gasteiger partial charge is 0.250 e. The molecule has 0 bridgehead atoms. The normalized spacial score (nSPS) is 22.7. The highest BCUT2D eigenvalue weighted by Crippen LogP contribution is 2.29. The topological polar surface area (TPSA) is 60.6 Å². The highest BCUT2D eigenvalue weighted by Gasteiger charge is 2.29. The fourth-order valence-corrected chi connectivity index (χ4v) is 2.57. The van der Waals surface area contributed by atoms with Crippen LogP contribution in [-0.2, 0) is 4.74 Å². The van der Waals surface area contributed by atoms with Crippen molar-refractivity contribution >= 4 is 0 Å². The number of aromatic nitrogens is 2. The molecule has 22 heavy (non-hydrogen) atoms. The highest BCUT2D eigenvalue weighted by molar-refractivity contribution is 5.55. The van der Waals surface area contributed by atoms with Gasteiger partial charge in [-0.25, -0.2) is 4.39 Å². The average molecular weight is 307 g/mol. The van der Waals surface area contributed by atoms with Gasteiger partial charge in [-0.2, -0.15) is 0 Å². The van der Waals surface area contributed by atoms with Gasteiger partial charge in [-0.15, -0.1) is 10.2 Å². The fourth-order valence-electron chi connectivity index (χ4n) is 2.57. The Morgan fingerprint density at radius 3 is 2.82 bits per heavy atom.